The number of ether oxygens (including phenoxy) is 3. The minimum atomic E-state index is -0.812. The van der Waals surface area contributed by atoms with Gasteiger partial charge in [-0.1, -0.05) is 266 Å². The lowest BCUT2D eigenvalue weighted by Gasteiger charge is -2.18. The van der Waals surface area contributed by atoms with Crippen LogP contribution in [0, 0.1) is 0 Å². The molecule has 0 spiro atoms. The highest BCUT2D eigenvalue weighted by molar-refractivity contribution is 5.71. The first-order valence-electron chi connectivity index (χ1n) is 31.7. The van der Waals surface area contributed by atoms with Crippen LogP contribution in [-0.2, 0) is 28.6 Å². The van der Waals surface area contributed by atoms with Crippen molar-refractivity contribution >= 4 is 17.9 Å². The summed E-state index contributed by atoms with van der Waals surface area (Å²) in [7, 11) is 0. The molecule has 0 rings (SSSR count). The summed E-state index contributed by atoms with van der Waals surface area (Å²) in [5.74, 6) is -0.986. The molecule has 0 bridgehead atoms. The Balaban J connectivity index is 4.49. The Hall–Kier alpha value is -3.67. The molecule has 0 saturated heterocycles. The maximum absolute atomic E-state index is 12.9. The van der Waals surface area contributed by atoms with E-state index in [0.717, 1.165) is 70.6 Å². The lowest BCUT2D eigenvalue weighted by atomic mass is 10.1. The highest BCUT2D eigenvalue weighted by Crippen LogP contribution is 2.15. The van der Waals surface area contributed by atoms with E-state index in [4.69, 9.17) is 14.2 Å². The van der Waals surface area contributed by atoms with Crippen molar-refractivity contribution in [2.45, 2.75) is 309 Å². The van der Waals surface area contributed by atoms with E-state index in [-0.39, 0.29) is 37.5 Å². The lowest BCUT2D eigenvalue weighted by Crippen LogP contribution is -2.30. The Morgan fingerprint density at radius 2 is 0.507 bits per heavy atom. The molecule has 6 nitrogen and oxygen atoms in total. The van der Waals surface area contributed by atoms with Crippen molar-refractivity contribution in [3.05, 3.63) is 97.2 Å². The van der Waals surface area contributed by atoms with Crippen LogP contribution in [0.4, 0.5) is 0 Å². The molecule has 75 heavy (non-hydrogen) atoms. The zero-order valence-corrected chi connectivity index (χ0v) is 49.3. The number of esters is 3. The second-order valence-corrected chi connectivity index (χ2v) is 21.0. The number of carbonyl (C=O) groups excluding carboxylic acids is 3. The van der Waals surface area contributed by atoms with Crippen molar-refractivity contribution in [1.82, 2.24) is 0 Å². The maximum Gasteiger partial charge on any atom is 0.306 e. The van der Waals surface area contributed by atoms with Crippen LogP contribution in [0.2, 0.25) is 0 Å². The van der Waals surface area contributed by atoms with Crippen molar-refractivity contribution in [2.24, 2.45) is 0 Å². The number of hydrogen-bond acceptors (Lipinski definition) is 6. The minimum absolute atomic E-state index is 0.103. The highest BCUT2D eigenvalue weighted by Gasteiger charge is 2.19. The smallest absolute Gasteiger partial charge is 0.306 e. The van der Waals surface area contributed by atoms with Crippen molar-refractivity contribution in [3.8, 4) is 0 Å². The summed E-state index contributed by atoms with van der Waals surface area (Å²) >= 11 is 0. The Kier molecular flexibility index (Phi) is 59.8. The molecule has 0 fully saturated rings. The molecule has 0 saturated carbocycles. The first-order chi connectivity index (χ1) is 37.0. The third kappa shape index (κ3) is 61.1. The van der Waals surface area contributed by atoms with E-state index < -0.39 is 6.10 Å². The van der Waals surface area contributed by atoms with E-state index in [1.165, 1.54) is 186 Å². The minimum Gasteiger partial charge on any atom is -0.462 e. The Morgan fingerprint density at radius 1 is 0.267 bits per heavy atom. The topological polar surface area (TPSA) is 78.9 Å². The summed E-state index contributed by atoms with van der Waals surface area (Å²) in [6.45, 7) is 6.54. The van der Waals surface area contributed by atoms with Gasteiger partial charge in [-0.15, -0.1) is 0 Å². The molecule has 430 valence electrons. The first kappa shape index (κ1) is 71.3. The summed E-state index contributed by atoms with van der Waals surface area (Å²) in [5, 5.41) is 0. The first-order valence-corrected chi connectivity index (χ1v) is 31.7. The molecular weight excluding hydrogens is 925 g/mol. The molecule has 1 atom stereocenters. The molecule has 0 heterocycles. The van der Waals surface area contributed by atoms with E-state index in [9.17, 15) is 14.4 Å². The molecule has 0 N–H and O–H groups in total. The summed E-state index contributed by atoms with van der Waals surface area (Å²) in [6.07, 6.45) is 84.1. The summed E-state index contributed by atoms with van der Waals surface area (Å²) < 4.78 is 16.9. The molecule has 0 amide bonds. The van der Waals surface area contributed by atoms with Crippen LogP contribution in [0.25, 0.3) is 0 Å². The molecule has 0 aliphatic heterocycles. The van der Waals surface area contributed by atoms with E-state index in [0.29, 0.717) is 19.3 Å². The van der Waals surface area contributed by atoms with Crippen molar-refractivity contribution in [1.29, 1.82) is 0 Å². The quantitative estimate of drug-likeness (QED) is 0.0261. The fourth-order valence-corrected chi connectivity index (χ4v) is 8.75. The van der Waals surface area contributed by atoms with Crippen molar-refractivity contribution in [3.63, 3.8) is 0 Å². The van der Waals surface area contributed by atoms with Gasteiger partial charge in [0.05, 0.1) is 0 Å². The van der Waals surface area contributed by atoms with Gasteiger partial charge >= 0.3 is 17.9 Å². The van der Waals surface area contributed by atoms with Crippen LogP contribution in [0.1, 0.15) is 303 Å². The molecular formula is C69H118O6. The van der Waals surface area contributed by atoms with Gasteiger partial charge in [-0.2, -0.15) is 0 Å². The molecule has 0 aromatic rings. The average Bonchev–Trinajstić information content (AvgIpc) is 3.41. The number of hydrogen-bond donors (Lipinski definition) is 0. The Morgan fingerprint density at radius 3 is 0.867 bits per heavy atom. The molecule has 0 aliphatic carbocycles. The van der Waals surface area contributed by atoms with Gasteiger partial charge in [0.1, 0.15) is 13.2 Å². The van der Waals surface area contributed by atoms with Crippen LogP contribution in [0.5, 0.6) is 0 Å². The fraction of sp³-hybridized carbons (Fsp3) is 0.725. The van der Waals surface area contributed by atoms with Gasteiger partial charge in [0.15, 0.2) is 6.10 Å². The van der Waals surface area contributed by atoms with Gasteiger partial charge in [0, 0.05) is 19.3 Å². The largest absolute Gasteiger partial charge is 0.462 e. The van der Waals surface area contributed by atoms with Crippen LogP contribution < -0.4 is 0 Å². The summed E-state index contributed by atoms with van der Waals surface area (Å²) in [6, 6.07) is 0. The van der Waals surface area contributed by atoms with E-state index in [2.05, 4.69) is 112 Å². The van der Waals surface area contributed by atoms with E-state index in [1.54, 1.807) is 0 Å². The van der Waals surface area contributed by atoms with Gasteiger partial charge in [-0.3, -0.25) is 14.4 Å². The van der Waals surface area contributed by atoms with Crippen LogP contribution in [-0.4, -0.2) is 37.2 Å². The van der Waals surface area contributed by atoms with Gasteiger partial charge in [-0.05, 0) is 116 Å². The summed E-state index contributed by atoms with van der Waals surface area (Å²) in [5.41, 5.74) is 0. The molecule has 0 radical (unpaired) electrons. The van der Waals surface area contributed by atoms with E-state index >= 15 is 0 Å². The van der Waals surface area contributed by atoms with E-state index in [1.807, 2.05) is 6.08 Å². The lowest BCUT2D eigenvalue weighted by molar-refractivity contribution is -0.166. The fourth-order valence-electron chi connectivity index (χ4n) is 8.75. The average molecular weight is 1040 g/mol. The zero-order chi connectivity index (χ0) is 54.3. The normalized spacial score (nSPS) is 12.7. The standard InChI is InChI=1S/C69H118O6/c1-4-7-10-13-16-19-22-25-28-31-34-37-40-43-46-49-52-55-58-61-67(70)73-64-66(75-69(72)63-60-57-54-51-48-45-42-39-36-33-30-27-24-21-18-15-12-9-6-3)65-74-68(71)62-59-56-53-50-47-44-41-38-35-32-29-26-23-20-17-14-11-8-5-2/h16-17,19-20,25-30,34,37,43,46,52,55,66H,4-15,18,21-24,31-33,35-36,38-42,44-45,47-51,53-54,56-65H2,1-3H3/b19-16-,20-17-,28-25-,29-26-,30-27-,37-34-,46-43-,55-52-/t66-/m1/s1. The Bertz CT molecular complexity index is 1480. The SMILES string of the molecule is CCCCC/C=C\C/C=C\C/C=C\C/C=C\C/C=C\CCC(=O)OC[C@H](COC(=O)CCCCCCCCCCC/C=C\C/C=C\CCCCC)OC(=O)CCCCCCCCCCC/C=C\CCCCCCCC. The summed E-state index contributed by atoms with van der Waals surface area (Å²) in [4.78, 5) is 38.3. The molecule has 0 aliphatic rings. The van der Waals surface area contributed by atoms with Crippen LogP contribution in [0.3, 0.4) is 0 Å². The Labute approximate surface area is 464 Å². The number of rotatable bonds is 57. The monoisotopic (exact) mass is 1040 g/mol. The molecule has 0 unspecified atom stereocenters. The van der Waals surface area contributed by atoms with Gasteiger partial charge in [0.2, 0.25) is 0 Å². The number of allylic oxidation sites excluding steroid dienone is 16. The number of unbranched alkanes of at least 4 members (excludes halogenated alkanes) is 30. The third-order valence-electron chi connectivity index (χ3n) is 13.5. The van der Waals surface area contributed by atoms with Gasteiger partial charge in [0.25, 0.3) is 0 Å². The van der Waals surface area contributed by atoms with Crippen molar-refractivity contribution < 1.29 is 28.6 Å². The second-order valence-electron chi connectivity index (χ2n) is 21.0. The van der Waals surface area contributed by atoms with Gasteiger partial charge < -0.3 is 14.2 Å². The highest BCUT2D eigenvalue weighted by atomic mass is 16.6. The zero-order valence-electron chi connectivity index (χ0n) is 49.3. The molecule has 0 aromatic carbocycles. The molecule has 6 heteroatoms. The van der Waals surface area contributed by atoms with Gasteiger partial charge in [-0.25, -0.2) is 0 Å². The predicted octanol–water partition coefficient (Wildman–Crippen LogP) is 21.7. The van der Waals surface area contributed by atoms with Crippen LogP contribution >= 0.6 is 0 Å². The molecule has 0 aromatic heterocycles. The second kappa shape index (κ2) is 62.9. The predicted molar refractivity (Wildman–Crippen MR) is 325 cm³/mol. The maximum atomic E-state index is 12.9. The number of carbonyl (C=O) groups is 3. The van der Waals surface area contributed by atoms with Crippen LogP contribution in [0.15, 0.2) is 97.2 Å². The van der Waals surface area contributed by atoms with Crippen molar-refractivity contribution in [2.75, 3.05) is 13.2 Å². The third-order valence-corrected chi connectivity index (χ3v) is 13.5.